The number of unbranched alkanes of at least 4 members (excludes halogenated alkanes) is 1. The summed E-state index contributed by atoms with van der Waals surface area (Å²) in [6, 6.07) is 10.4. The number of rotatable bonds is 10. The first-order valence-electron chi connectivity index (χ1n) is 8.79. The summed E-state index contributed by atoms with van der Waals surface area (Å²) in [6.45, 7) is 8.60. The van der Waals surface area contributed by atoms with Crippen LogP contribution in [0.4, 0.5) is 0 Å². The van der Waals surface area contributed by atoms with Crippen LogP contribution in [-0.2, 0) is 6.54 Å². The van der Waals surface area contributed by atoms with Crippen LogP contribution < -0.4 is 10.1 Å². The van der Waals surface area contributed by atoms with Gasteiger partial charge in [-0.25, -0.2) is 0 Å². The predicted molar refractivity (Wildman–Crippen MR) is 93.3 cm³/mol. The lowest BCUT2D eigenvalue weighted by atomic mass is 10.1. The van der Waals surface area contributed by atoms with Crippen molar-refractivity contribution < 1.29 is 4.74 Å². The lowest BCUT2D eigenvalue weighted by Gasteiger charge is -2.20. The van der Waals surface area contributed by atoms with Crippen LogP contribution in [0.1, 0.15) is 38.2 Å². The molecule has 4 heteroatoms. The van der Waals surface area contributed by atoms with Gasteiger partial charge in [0.1, 0.15) is 5.75 Å². The van der Waals surface area contributed by atoms with E-state index in [4.69, 9.17) is 10.00 Å². The fourth-order valence-electron chi connectivity index (χ4n) is 3.02. The van der Waals surface area contributed by atoms with Gasteiger partial charge < -0.3 is 15.0 Å². The molecule has 0 aromatic heterocycles. The highest BCUT2D eigenvalue weighted by molar-refractivity contribution is 5.28. The van der Waals surface area contributed by atoms with Gasteiger partial charge in [-0.2, -0.15) is 5.26 Å². The van der Waals surface area contributed by atoms with Crippen molar-refractivity contribution in [1.82, 2.24) is 10.2 Å². The maximum Gasteiger partial charge on any atom is 0.119 e. The third-order valence-electron chi connectivity index (χ3n) is 4.19. The van der Waals surface area contributed by atoms with E-state index in [1.807, 2.05) is 12.1 Å². The molecule has 2 rings (SSSR count). The van der Waals surface area contributed by atoms with Crippen LogP contribution in [0.15, 0.2) is 24.3 Å². The van der Waals surface area contributed by atoms with Crippen LogP contribution in [0.25, 0.3) is 0 Å². The lowest BCUT2D eigenvalue weighted by Crippen LogP contribution is -2.31. The molecule has 1 aliphatic heterocycles. The zero-order valence-corrected chi connectivity index (χ0v) is 14.3. The quantitative estimate of drug-likeness (QED) is 0.674. The number of likely N-dealkylation sites (tertiary alicyclic amines) is 1. The molecule has 1 aromatic carbocycles. The van der Waals surface area contributed by atoms with Gasteiger partial charge in [-0.3, -0.25) is 0 Å². The predicted octanol–water partition coefficient (Wildman–Crippen LogP) is 3.19. The number of nitriles is 1. The zero-order valence-electron chi connectivity index (χ0n) is 14.3. The Morgan fingerprint density at radius 3 is 2.96 bits per heavy atom. The summed E-state index contributed by atoms with van der Waals surface area (Å²) in [7, 11) is 0. The maximum atomic E-state index is 8.52. The minimum absolute atomic E-state index is 0.552. The molecule has 1 aromatic rings. The van der Waals surface area contributed by atoms with Crippen molar-refractivity contribution in [3.63, 3.8) is 0 Å². The molecule has 23 heavy (non-hydrogen) atoms. The van der Waals surface area contributed by atoms with Crippen molar-refractivity contribution in [1.29, 1.82) is 5.26 Å². The molecule has 0 bridgehead atoms. The van der Waals surface area contributed by atoms with Gasteiger partial charge in [-0.15, -0.1) is 0 Å². The first-order chi connectivity index (χ1) is 11.3. The number of nitrogens with one attached hydrogen (secondary N) is 1. The third kappa shape index (κ3) is 7.02. The molecule has 0 radical (unpaired) electrons. The Kier molecular flexibility index (Phi) is 7.92. The fraction of sp³-hybridized carbons (Fsp3) is 0.632. The largest absolute Gasteiger partial charge is 0.494 e. The van der Waals surface area contributed by atoms with Gasteiger partial charge in [0, 0.05) is 19.5 Å². The molecule has 1 heterocycles. The Labute approximate surface area is 140 Å². The Morgan fingerprint density at radius 1 is 1.35 bits per heavy atom. The summed E-state index contributed by atoms with van der Waals surface area (Å²) >= 11 is 0. The molecular weight excluding hydrogens is 286 g/mol. The highest BCUT2D eigenvalue weighted by Gasteiger charge is 2.14. The van der Waals surface area contributed by atoms with E-state index in [2.05, 4.69) is 35.3 Å². The monoisotopic (exact) mass is 315 g/mol. The molecule has 126 valence electrons. The van der Waals surface area contributed by atoms with Crippen LogP contribution in [-0.4, -0.2) is 37.7 Å². The molecule has 1 fully saturated rings. The van der Waals surface area contributed by atoms with Gasteiger partial charge >= 0.3 is 0 Å². The molecule has 0 aliphatic carbocycles. The van der Waals surface area contributed by atoms with Crippen LogP contribution in [0.2, 0.25) is 0 Å². The smallest absolute Gasteiger partial charge is 0.119 e. The van der Waals surface area contributed by atoms with Crippen LogP contribution >= 0.6 is 0 Å². The molecule has 1 aliphatic rings. The normalized spacial score (nSPS) is 16.2. The summed E-state index contributed by atoms with van der Waals surface area (Å²) in [6.07, 6.45) is 4.06. The first-order valence-corrected chi connectivity index (χ1v) is 8.79. The highest BCUT2D eigenvalue weighted by Crippen LogP contribution is 2.14. The fourth-order valence-corrected chi connectivity index (χ4v) is 3.02. The maximum absolute atomic E-state index is 8.52. The van der Waals surface area contributed by atoms with Crippen molar-refractivity contribution >= 4 is 0 Å². The van der Waals surface area contributed by atoms with E-state index in [0.717, 1.165) is 25.3 Å². The summed E-state index contributed by atoms with van der Waals surface area (Å²) in [4.78, 5) is 2.57. The second kappa shape index (κ2) is 10.3. The number of nitrogens with zero attached hydrogens (tertiary/aromatic N) is 2. The Morgan fingerprint density at radius 2 is 2.17 bits per heavy atom. The first kappa shape index (κ1) is 17.8. The lowest BCUT2D eigenvalue weighted by molar-refractivity contribution is 0.282. The number of hydrogen-bond acceptors (Lipinski definition) is 4. The van der Waals surface area contributed by atoms with E-state index in [-0.39, 0.29) is 0 Å². The van der Waals surface area contributed by atoms with E-state index in [0.29, 0.717) is 18.9 Å². The van der Waals surface area contributed by atoms with Gasteiger partial charge in [-0.05, 0) is 62.5 Å². The van der Waals surface area contributed by atoms with Crippen LogP contribution in [0, 0.1) is 17.2 Å². The van der Waals surface area contributed by atoms with Gasteiger partial charge in [0.15, 0.2) is 0 Å². The Hall–Kier alpha value is -1.57. The number of hydrogen-bond donors (Lipinski definition) is 1. The van der Waals surface area contributed by atoms with Gasteiger partial charge in [-0.1, -0.05) is 19.1 Å². The molecule has 0 saturated carbocycles. The van der Waals surface area contributed by atoms with Crippen molar-refractivity contribution in [2.24, 2.45) is 5.92 Å². The van der Waals surface area contributed by atoms with E-state index in [1.54, 1.807) is 0 Å². The second-order valence-electron chi connectivity index (χ2n) is 6.50. The van der Waals surface area contributed by atoms with Gasteiger partial charge in [0.05, 0.1) is 12.7 Å². The van der Waals surface area contributed by atoms with E-state index in [1.165, 1.54) is 38.0 Å². The Bertz CT molecular complexity index is 492. The molecule has 1 unspecified atom stereocenters. The minimum Gasteiger partial charge on any atom is -0.494 e. The summed E-state index contributed by atoms with van der Waals surface area (Å²) in [5.41, 5.74) is 1.25. The summed E-state index contributed by atoms with van der Waals surface area (Å²) < 4.78 is 5.68. The van der Waals surface area contributed by atoms with Crippen molar-refractivity contribution in [2.45, 2.75) is 39.2 Å². The van der Waals surface area contributed by atoms with Crippen molar-refractivity contribution in [3.8, 4) is 11.8 Å². The molecule has 1 atom stereocenters. The van der Waals surface area contributed by atoms with Crippen molar-refractivity contribution in [3.05, 3.63) is 29.8 Å². The van der Waals surface area contributed by atoms with E-state index >= 15 is 0 Å². The molecule has 0 amide bonds. The summed E-state index contributed by atoms with van der Waals surface area (Å²) in [5.74, 6) is 1.57. The van der Waals surface area contributed by atoms with Crippen LogP contribution in [0.3, 0.4) is 0 Å². The SMILES string of the molecule is CC(CNCc1cccc(OCCCC#N)c1)CN1CCCC1. The second-order valence-corrected chi connectivity index (χ2v) is 6.50. The average Bonchev–Trinajstić information content (AvgIpc) is 3.05. The van der Waals surface area contributed by atoms with Gasteiger partial charge in [0.25, 0.3) is 0 Å². The molecule has 4 nitrogen and oxygen atoms in total. The van der Waals surface area contributed by atoms with E-state index < -0.39 is 0 Å². The summed E-state index contributed by atoms with van der Waals surface area (Å²) in [5, 5.41) is 12.1. The standard InChI is InChI=1S/C19H29N3O/c1-17(16-22-10-3-4-11-22)14-21-15-18-7-6-8-19(13-18)23-12-5-2-9-20/h6-8,13,17,21H,2-5,10-12,14-16H2,1H3. The minimum atomic E-state index is 0.552. The Balaban J connectivity index is 1.65. The average molecular weight is 315 g/mol. The molecular formula is C19H29N3O. The number of benzene rings is 1. The molecule has 1 saturated heterocycles. The highest BCUT2D eigenvalue weighted by atomic mass is 16.5. The van der Waals surface area contributed by atoms with Gasteiger partial charge in [0.2, 0.25) is 0 Å². The topological polar surface area (TPSA) is 48.3 Å². The number of ether oxygens (including phenoxy) is 1. The third-order valence-corrected chi connectivity index (χ3v) is 4.19. The van der Waals surface area contributed by atoms with E-state index in [9.17, 15) is 0 Å². The van der Waals surface area contributed by atoms with Crippen LogP contribution in [0.5, 0.6) is 5.75 Å². The zero-order chi connectivity index (χ0) is 16.3. The molecule has 0 spiro atoms. The van der Waals surface area contributed by atoms with Crippen molar-refractivity contribution in [2.75, 3.05) is 32.8 Å². The molecule has 1 N–H and O–H groups in total.